The number of nitrogens with zero attached hydrogens (tertiary/aromatic N) is 2. The highest BCUT2D eigenvalue weighted by molar-refractivity contribution is 5.77. The highest BCUT2D eigenvalue weighted by Gasteiger charge is 2.09. The van der Waals surface area contributed by atoms with E-state index in [0.717, 1.165) is 5.56 Å². The second-order valence-corrected chi connectivity index (χ2v) is 3.01. The lowest BCUT2D eigenvalue weighted by atomic mass is 10.2. The fourth-order valence-corrected chi connectivity index (χ4v) is 1.03. The van der Waals surface area contributed by atoms with Gasteiger partial charge in [-0.3, -0.25) is 14.6 Å². The topological polar surface area (TPSA) is 42.4 Å². The van der Waals surface area contributed by atoms with E-state index in [-0.39, 0.29) is 5.91 Å². The van der Waals surface area contributed by atoms with Crippen LogP contribution in [0.2, 0.25) is 0 Å². The van der Waals surface area contributed by atoms with E-state index >= 15 is 0 Å². The SMILES string of the molecule is C=CCON(C)C(=O)Cc1cccnc1. The van der Waals surface area contributed by atoms with Gasteiger partial charge in [0.15, 0.2) is 0 Å². The van der Waals surface area contributed by atoms with Crippen LogP contribution in [0.15, 0.2) is 37.2 Å². The highest BCUT2D eigenvalue weighted by atomic mass is 16.7. The van der Waals surface area contributed by atoms with E-state index in [4.69, 9.17) is 4.84 Å². The third kappa shape index (κ3) is 3.91. The van der Waals surface area contributed by atoms with Crippen LogP contribution in [0.5, 0.6) is 0 Å². The van der Waals surface area contributed by atoms with Crippen molar-refractivity contribution in [1.82, 2.24) is 10.0 Å². The number of likely N-dealkylation sites (N-methyl/N-ethyl adjacent to an activating group) is 1. The summed E-state index contributed by atoms with van der Waals surface area (Å²) in [5, 5.41) is 1.22. The molecule has 1 aromatic rings. The molecule has 0 saturated heterocycles. The molecule has 0 saturated carbocycles. The molecule has 0 bridgehead atoms. The fourth-order valence-electron chi connectivity index (χ4n) is 1.03. The molecule has 0 unspecified atom stereocenters. The molecule has 1 rings (SSSR count). The van der Waals surface area contributed by atoms with Crippen LogP contribution < -0.4 is 0 Å². The van der Waals surface area contributed by atoms with Crippen LogP contribution in [0.4, 0.5) is 0 Å². The Hall–Kier alpha value is -1.68. The van der Waals surface area contributed by atoms with Gasteiger partial charge in [0.05, 0.1) is 13.0 Å². The average molecular weight is 206 g/mol. The first-order valence-electron chi connectivity index (χ1n) is 4.63. The average Bonchev–Trinajstić information content (AvgIpc) is 2.27. The highest BCUT2D eigenvalue weighted by Crippen LogP contribution is 2.00. The number of amides is 1. The smallest absolute Gasteiger partial charge is 0.250 e. The Kier molecular flexibility index (Phi) is 4.50. The fraction of sp³-hybridized carbons (Fsp3) is 0.273. The molecule has 1 aromatic heterocycles. The quantitative estimate of drug-likeness (QED) is 0.537. The molecular weight excluding hydrogens is 192 g/mol. The maximum atomic E-state index is 11.6. The number of hydrogen-bond acceptors (Lipinski definition) is 3. The summed E-state index contributed by atoms with van der Waals surface area (Å²) < 4.78 is 0. The van der Waals surface area contributed by atoms with Gasteiger partial charge in [-0.15, -0.1) is 6.58 Å². The van der Waals surface area contributed by atoms with E-state index in [9.17, 15) is 4.79 Å². The first-order chi connectivity index (χ1) is 7.24. The minimum atomic E-state index is -0.107. The zero-order valence-corrected chi connectivity index (χ0v) is 8.72. The molecule has 4 heteroatoms. The summed E-state index contributed by atoms with van der Waals surface area (Å²) >= 11 is 0. The number of carbonyl (C=O) groups excluding carboxylic acids is 1. The molecule has 80 valence electrons. The number of aromatic nitrogens is 1. The molecule has 0 atom stereocenters. The van der Waals surface area contributed by atoms with Gasteiger partial charge in [-0.25, -0.2) is 5.06 Å². The van der Waals surface area contributed by atoms with Gasteiger partial charge in [-0.2, -0.15) is 0 Å². The van der Waals surface area contributed by atoms with Gasteiger partial charge < -0.3 is 0 Å². The van der Waals surface area contributed by atoms with Crippen molar-refractivity contribution in [2.24, 2.45) is 0 Å². The van der Waals surface area contributed by atoms with Crippen LogP contribution in [-0.4, -0.2) is 29.6 Å². The Morgan fingerprint density at radius 3 is 3.13 bits per heavy atom. The van der Waals surface area contributed by atoms with Gasteiger partial charge in [0.25, 0.3) is 0 Å². The van der Waals surface area contributed by atoms with E-state index < -0.39 is 0 Å². The number of rotatable bonds is 5. The van der Waals surface area contributed by atoms with Crippen molar-refractivity contribution in [3.8, 4) is 0 Å². The number of pyridine rings is 1. The molecule has 0 spiro atoms. The van der Waals surface area contributed by atoms with Crippen molar-refractivity contribution in [2.45, 2.75) is 6.42 Å². The molecule has 0 aliphatic carbocycles. The molecule has 0 fully saturated rings. The molecule has 15 heavy (non-hydrogen) atoms. The summed E-state index contributed by atoms with van der Waals surface area (Å²) in [7, 11) is 1.59. The Bertz CT molecular complexity index is 325. The molecular formula is C11H14N2O2. The Balaban J connectivity index is 2.45. The molecule has 0 aromatic carbocycles. The minimum Gasteiger partial charge on any atom is -0.272 e. The molecule has 1 heterocycles. The van der Waals surface area contributed by atoms with Crippen molar-refractivity contribution in [3.63, 3.8) is 0 Å². The molecule has 0 N–H and O–H groups in total. The molecule has 0 aliphatic rings. The normalized spacial score (nSPS) is 9.67. The van der Waals surface area contributed by atoms with Crippen molar-refractivity contribution in [3.05, 3.63) is 42.7 Å². The van der Waals surface area contributed by atoms with Gasteiger partial charge in [0, 0.05) is 19.4 Å². The van der Waals surface area contributed by atoms with Crippen LogP contribution in [0, 0.1) is 0 Å². The summed E-state index contributed by atoms with van der Waals surface area (Å²) in [6.45, 7) is 3.83. The standard InChI is InChI=1S/C11H14N2O2/c1-3-7-15-13(2)11(14)8-10-5-4-6-12-9-10/h3-6,9H,1,7-8H2,2H3. The second kappa shape index (κ2) is 5.93. The Morgan fingerprint density at radius 2 is 2.53 bits per heavy atom. The zero-order valence-electron chi connectivity index (χ0n) is 8.72. The monoisotopic (exact) mass is 206 g/mol. The minimum absolute atomic E-state index is 0.107. The Labute approximate surface area is 89.1 Å². The molecule has 0 radical (unpaired) electrons. The Morgan fingerprint density at radius 1 is 1.73 bits per heavy atom. The summed E-state index contributed by atoms with van der Waals surface area (Å²) in [6, 6.07) is 3.65. The third-order valence-electron chi connectivity index (χ3n) is 1.82. The zero-order chi connectivity index (χ0) is 11.1. The summed E-state index contributed by atoms with van der Waals surface area (Å²) in [6.07, 6.45) is 5.22. The lowest BCUT2D eigenvalue weighted by molar-refractivity contribution is -0.173. The van der Waals surface area contributed by atoms with E-state index in [1.165, 1.54) is 5.06 Å². The van der Waals surface area contributed by atoms with Gasteiger partial charge in [-0.1, -0.05) is 12.1 Å². The number of hydroxylamine groups is 2. The van der Waals surface area contributed by atoms with E-state index in [2.05, 4.69) is 11.6 Å². The van der Waals surface area contributed by atoms with E-state index in [0.29, 0.717) is 13.0 Å². The van der Waals surface area contributed by atoms with Crippen LogP contribution >= 0.6 is 0 Å². The lowest BCUT2D eigenvalue weighted by Crippen LogP contribution is -2.28. The van der Waals surface area contributed by atoms with Gasteiger partial charge in [0.1, 0.15) is 0 Å². The van der Waals surface area contributed by atoms with Gasteiger partial charge in [0.2, 0.25) is 5.91 Å². The predicted molar refractivity (Wildman–Crippen MR) is 56.9 cm³/mol. The third-order valence-corrected chi connectivity index (χ3v) is 1.82. The van der Waals surface area contributed by atoms with Crippen LogP contribution in [0.3, 0.4) is 0 Å². The van der Waals surface area contributed by atoms with Crippen LogP contribution in [0.1, 0.15) is 5.56 Å². The van der Waals surface area contributed by atoms with Crippen LogP contribution in [0.25, 0.3) is 0 Å². The van der Waals surface area contributed by atoms with Crippen molar-refractivity contribution in [2.75, 3.05) is 13.7 Å². The summed E-state index contributed by atoms with van der Waals surface area (Å²) in [5.41, 5.74) is 0.872. The van der Waals surface area contributed by atoms with Crippen LogP contribution in [-0.2, 0) is 16.1 Å². The predicted octanol–water partition coefficient (Wildman–Crippen LogP) is 1.20. The van der Waals surface area contributed by atoms with Crippen molar-refractivity contribution in [1.29, 1.82) is 0 Å². The second-order valence-electron chi connectivity index (χ2n) is 3.01. The van der Waals surface area contributed by atoms with Crippen molar-refractivity contribution >= 4 is 5.91 Å². The van der Waals surface area contributed by atoms with E-state index in [1.807, 2.05) is 6.07 Å². The van der Waals surface area contributed by atoms with E-state index in [1.54, 1.807) is 31.6 Å². The molecule has 0 aliphatic heterocycles. The summed E-state index contributed by atoms with van der Waals surface area (Å²) in [5.74, 6) is -0.107. The largest absolute Gasteiger partial charge is 0.272 e. The maximum absolute atomic E-state index is 11.6. The van der Waals surface area contributed by atoms with Gasteiger partial charge >= 0.3 is 0 Å². The number of carbonyl (C=O) groups is 1. The maximum Gasteiger partial charge on any atom is 0.250 e. The molecule has 4 nitrogen and oxygen atoms in total. The molecule has 1 amide bonds. The lowest BCUT2D eigenvalue weighted by Gasteiger charge is -2.15. The van der Waals surface area contributed by atoms with Gasteiger partial charge in [-0.05, 0) is 11.6 Å². The number of hydrogen-bond donors (Lipinski definition) is 0. The summed E-state index contributed by atoms with van der Waals surface area (Å²) in [4.78, 5) is 20.6. The first kappa shape index (κ1) is 11.4. The van der Waals surface area contributed by atoms with Crippen molar-refractivity contribution < 1.29 is 9.63 Å². The first-order valence-corrected chi connectivity index (χ1v) is 4.63.